The van der Waals surface area contributed by atoms with Crippen molar-refractivity contribution in [3.05, 3.63) is 47.3 Å². The third-order valence-corrected chi connectivity index (χ3v) is 3.14. The van der Waals surface area contributed by atoms with Gasteiger partial charge in [-0.3, -0.25) is 0 Å². The maximum atomic E-state index is 5.72. The minimum absolute atomic E-state index is 0.399. The Morgan fingerprint density at radius 2 is 2.10 bits per heavy atom. The van der Waals surface area contributed by atoms with Gasteiger partial charge >= 0.3 is 6.01 Å². The molecule has 2 aromatic rings. The van der Waals surface area contributed by atoms with Gasteiger partial charge in [0, 0.05) is 24.0 Å². The van der Waals surface area contributed by atoms with Crippen molar-refractivity contribution in [1.29, 1.82) is 0 Å². The molecule has 0 saturated carbocycles. The lowest BCUT2D eigenvalue weighted by Crippen LogP contribution is -2.13. The SMILES string of the molecule is CCNCc1cnc(Oc2cccc(CC)c2)nc1C. The lowest BCUT2D eigenvalue weighted by Gasteiger charge is -2.08. The highest BCUT2D eigenvalue weighted by atomic mass is 16.5. The fraction of sp³-hybridized carbons (Fsp3) is 0.375. The monoisotopic (exact) mass is 271 g/mol. The van der Waals surface area contributed by atoms with E-state index in [9.17, 15) is 0 Å². The fourth-order valence-corrected chi connectivity index (χ4v) is 1.89. The van der Waals surface area contributed by atoms with Crippen molar-refractivity contribution in [2.45, 2.75) is 33.7 Å². The van der Waals surface area contributed by atoms with Gasteiger partial charge in [-0.05, 0) is 37.6 Å². The molecule has 1 N–H and O–H groups in total. The molecule has 0 radical (unpaired) electrons. The van der Waals surface area contributed by atoms with Crippen LogP contribution in [0.3, 0.4) is 0 Å². The van der Waals surface area contributed by atoms with Crippen LogP contribution in [0.5, 0.6) is 11.8 Å². The largest absolute Gasteiger partial charge is 0.424 e. The zero-order valence-electron chi connectivity index (χ0n) is 12.3. The zero-order chi connectivity index (χ0) is 14.4. The van der Waals surface area contributed by atoms with Gasteiger partial charge in [-0.25, -0.2) is 4.98 Å². The van der Waals surface area contributed by atoms with Crippen LogP contribution in [0.15, 0.2) is 30.5 Å². The Bertz CT molecular complexity index is 569. The van der Waals surface area contributed by atoms with Crippen LogP contribution in [0, 0.1) is 6.92 Å². The Kier molecular flexibility index (Phi) is 5.07. The maximum Gasteiger partial charge on any atom is 0.322 e. The first-order valence-corrected chi connectivity index (χ1v) is 7.03. The zero-order valence-corrected chi connectivity index (χ0v) is 12.3. The number of benzene rings is 1. The summed E-state index contributed by atoms with van der Waals surface area (Å²) in [5.41, 5.74) is 3.28. The molecule has 106 valence electrons. The minimum atomic E-state index is 0.399. The molecule has 20 heavy (non-hydrogen) atoms. The van der Waals surface area contributed by atoms with Gasteiger partial charge in [0.25, 0.3) is 0 Å². The highest BCUT2D eigenvalue weighted by Crippen LogP contribution is 2.20. The Balaban J connectivity index is 2.11. The second-order valence-corrected chi connectivity index (χ2v) is 4.65. The Hall–Kier alpha value is -1.94. The van der Waals surface area contributed by atoms with Gasteiger partial charge in [-0.2, -0.15) is 4.98 Å². The average Bonchev–Trinajstić information content (AvgIpc) is 2.47. The maximum absolute atomic E-state index is 5.72. The van der Waals surface area contributed by atoms with Crippen LogP contribution in [-0.2, 0) is 13.0 Å². The van der Waals surface area contributed by atoms with Crippen LogP contribution in [-0.4, -0.2) is 16.5 Å². The van der Waals surface area contributed by atoms with E-state index in [4.69, 9.17) is 4.74 Å². The highest BCUT2D eigenvalue weighted by molar-refractivity contribution is 5.30. The molecular formula is C16H21N3O. The molecule has 1 aromatic heterocycles. The van der Waals surface area contributed by atoms with Crippen molar-refractivity contribution < 1.29 is 4.74 Å². The fourth-order valence-electron chi connectivity index (χ4n) is 1.89. The van der Waals surface area contributed by atoms with Crippen LogP contribution in [0.1, 0.15) is 30.7 Å². The van der Waals surface area contributed by atoms with E-state index in [2.05, 4.69) is 35.2 Å². The van der Waals surface area contributed by atoms with Crippen LogP contribution < -0.4 is 10.1 Å². The molecule has 2 rings (SSSR count). The summed E-state index contributed by atoms with van der Waals surface area (Å²) in [6.07, 6.45) is 2.81. The summed E-state index contributed by atoms with van der Waals surface area (Å²) in [6, 6.07) is 8.41. The van der Waals surface area contributed by atoms with Crippen molar-refractivity contribution in [1.82, 2.24) is 15.3 Å². The molecular weight excluding hydrogens is 250 g/mol. The molecule has 0 aliphatic heterocycles. The van der Waals surface area contributed by atoms with E-state index < -0.39 is 0 Å². The van der Waals surface area contributed by atoms with Gasteiger partial charge in [-0.1, -0.05) is 26.0 Å². The molecule has 0 spiro atoms. The van der Waals surface area contributed by atoms with E-state index in [1.165, 1.54) is 5.56 Å². The second-order valence-electron chi connectivity index (χ2n) is 4.65. The van der Waals surface area contributed by atoms with E-state index in [0.717, 1.165) is 36.5 Å². The van der Waals surface area contributed by atoms with E-state index in [1.807, 2.05) is 31.3 Å². The average molecular weight is 271 g/mol. The third-order valence-electron chi connectivity index (χ3n) is 3.14. The normalized spacial score (nSPS) is 10.6. The quantitative estimate of drug-likeness (QED) is 0.876. The topological polar surface area (TPSA) is 47.0 Å². The summed E-state index contributed by atoms with van der Waals surface area (Å²) in [6.45, 7) is 7.89. The van der Waals surface area contributed by atoms with Gasteiger partial charge in [0.2, 0.25) is 0 Å². The molecule has 0 unspecified atom stereocenters. The molecule has 0 aliphatic carbocycles. The van der Waals surface area contributed by atoms with E-state index in [-0.39, 0.29) is 0 Å². The van der Waals surface area contributed by atoms with Gasteiger partial charge in [0.05, 0.1) is 0 Å². The number of hydrogen-bond donors (Lipinski definition) is 1. The second kappa shape index (κ2) is 7.01. The van der Waals surface area contributed by atoms with Gasteiger partial charge < -0.3 is 10.1 Å². The lowest BCUT2D eigenvalue weighted by molar-refractivity contribution is 0.438. The van der Waals surface area contributed by atoms with Crippen molar-refractivity contribution in [2.24, 2.45) is 0 Å². The molecule has 0 fully saturated rings. The molecule has 4 nitrogen and oxygen atoms in total. The number of hydrogen-bond acceptors (Lipinski definition) is 4. The van der Waals surface area contributed by atoms with Crippen molar-refractivity contribution in [3.63, 3.8) is 0 Å². The summed E-state index contributed by atoms with van der Waals surface area (Å²) in [5, 5.41) is 3.27. The first kappa shape index (κ1) is 14.5. The van der Waals surface area contributed by atoms with E-state index in [1.54, 1.807) is 0 Å². The van der Waals surface area contributed by atoms with Crippen LogP contribution >= 0.6 is 0 Å². The molecule has 4 heteroatoms. The summed E-state index contributed by atoms with van der Waals surface area (Å²) in [4.78, 5) is 8.67. The molecule has 1 heterocycles. The lowest BCUT2D eigenvalue weighted by atomic mass is 10.2. The molecule has 0 saturated heterocycles. The number of aryl methyl sites for hydroxylation is 2. The smallest absolute Gasteiger partial charge is 0.322 e. The van der Waals surface area contributed by atoms with Gasteiger partial charge in [-0.15, -0.1) is 0 Å². The molecule has 0 aliphatic rings. The highest BCUT2D eigenvalue weighted by Gasteiger charge is 2.05. The van der Waals surface area contributed by atoms with Gasteiger partial charge in [0.15, 0.2) is 0 Å². The van der Waals surface area contributed by atoms with Crippen molar-refractivity contribution in [3.8, 4) is 11.8 Å². The van der Waals surface area contributed by atoms with Crippen LogP contribution in [0.4, 0.5) is 0 Å². The number of rotatable bonds is 6. The summed E-state index contributed by atoms with van der Waals surface area (Å²) in [5.74, 6) is 0.781. The predicted octanol–water partition coefficient (Wildman–Crippen LogP) is 3.25. The van der Waals surface area contributed by atoms with E-state index >= 15 is 0 Å². The summed E-state index contributed by atoms with van der Waals surface area (Å²) >= 11 is 0. The molecule has 0 amide bonds. The summed E-state index contributed by atoms with van der Waals surface area (Å²) < 4.78 is 5.72. The van der Waals surface area contributed by atoms with Crippen molar-refractivity contribution >= 4 is 0 Å². The van der Waals surface area contributed by atoms with Crippen LogP contribution in [0.2, 0.25) is 0 Å². The van der Waals surface area contributed by atoms with Crippen molar-refractivity contribution in [2.75, 3.05) is 6.54 Å². The van der Waals surface area contributed by atoms with E-state index in [0.29, 0.717) is 6.01 Å². The molecule has 0 bridgehead atoms. The first-order chi connectivity index (χ1) is 9.72. The number of aromatic nitrogens is 2. The number of nitrogens with one attached hydrogen (secondary N) is 1. The molecule has 1 aromatic carbocycles. The Morgan fingerprint density at radius 3 is 2.80 bits per heavy atom. The Labute approximate surface area is 120 Å². The number of nitrogens with zero attached hydrogens (tertiary/aromatic N) is 2. The standard InChI is InChI=1S/C16H21N3O/c1-4-13-7-6-8-15(9-13)20-16-18-11-14(10-17-5-2)12(3)19-16/h6-9,11,17H,4-5,10H2,1-3H3. The van der Waals surface area contributed by atoms with Crippen LogP contribution in [0.25, 0.3) is 0 Å². The summed E-state index contributed by atoms with van der Waals surface area (Å²) in [7, 11) is 0. The number of ether oxygens (including phenoxy) is 1. The minimum Gasteiger partial charge on any atom is -0.424 e. The first-order valence-electron chi connectivity index (χ1n) is 7.03. The third kappa shape index (κ3) is 3.78. The van der Waals surface area contributed by atoms with Gasteiger partial charge in [0.1, 0.15) is 5.75 Å². The predicted molar refractivity (Wildman–Crippen MR) is 80.0 cm³/mol. The Morgan fingerprint density at radius 1 is 1.25 bits per heavy atom. The molecule has 0 atom stereocenters.